The summed E-state index contributed by atoms with van der Waals surface area (Å²) in [6, 6.07) is 24.1. The average molecular weight is 514 g/mol. The van der Waals surface area contributed by atoms with Crippen molar-refractivity contribution in [2.24, 2.45) is 0 Å². The average Bonchev–Trinajstić information content (AvgIpc) is 3.28. The van der Waals surface area contributed by atoms with Crippen molar-refractivity contribution in [3.63, 3.8) is 0 Å². The number of carbonyl (C=O) groups is 1. The first-order valence-electron chi connectivity index (χ1n) is 13.1. The number of hydrogen-bond donors (Lipinski definition) is 1. The lowest BCUT2D eigenvalue weighted by Crippen LogP contribution is -2.38. The SMILES string of the molecule is CCCCc1ccc(OCCc2nc(-c3ccc(-c4ccccc4)cc3)oc2C)cc1OC(C)(C)C(=O)O. The van der Waals surface area contributed by atoms with Crippen molar-refractivity contribution in [1.82, 2.24) is 4.98 Å². The lowest BCUT2D eigenvalue weighted by molar-refractivity contribution is -0.152. The van der Waals surface area contributed by atoms with Crippen LogP contribution in [0.3, 0.4) is 0 Å². The van der Waals surface area contributed by atoms with E-state index < -0.39 is 11.6 Å². The molecule has 0 saturated carbocycles. The number of benzene rings is 3. The van der Waals surface area contributed by atoms with Gasteiger partial charge in [0, 0.05) is 18.1 Å². The summed E-state index contributed by atoms with van der Waals surface area (Å²) in [4.78, 5) is 16.3. The van der Waals surface area contributed by atoms with Crippen LogP contribution in [0.15, 0.2) is 77.2 Å². The fourth-order valence-electron chi connectivity index (χ4n) is 4.10. The van der Waals surface area contributed by atoms with Crippen molar-refractivity contribution in [2.75, 3.05) is 6.61 Å². The maximum Gasteiger partial charge on any atom is 0.347 e. The van der Waals surface area contributed by atoms with Crippen LogP contribution in [0.5, 0.6) is 11.5 Å². The lowest BCUT2D eigenvalue weighted by atomic mass is 10.0. The molecule has 0 aliphatic heterocycles. The minimum atomic E-state index is -1.34. The van der Waals surface area contributed by atoms with E-state index >= 15 is 0 Å². The van der Waals surface area contributed by atoms with E-state index in [1.165, 1.54) is 5.56 Å². The number of rotatable bonds is 12. The molecule has 0 unspecified atom stereocenters. The summed E-state index contributed by atoms with van der Waals surface area (Å²) in [5.41, 5.74) is 3.71. The van der Waals surface area contributed by atoms with Gasteiger partial charge in [0.2, 0.25) is 5.89 Å². The molecule has 4 rings (SSSR count). The van der Waals surface area contributed by atoms with Crippen molar-refractivity contribution < 1.29 is 23.8 Å². The Kier molecular flexibility index (Phi) is 8.52. The fraction of sp³-hybridized carbons (Fsp3) is 0.312. The second-order valence-corrected chi connectivity index (χ2v) is 9.85. The van der Waals surface area contributed by atoms with Crippen LogP contribution in [-0.4, -0.2) is 28.3 Å². The van der Waals surface area contributed by atoms with Gasteiger partial charge in [-0.25, -0.2) is 9.78 Å². The van der Waals surface area contributed by atoms with Crippen LogP contribution < -0.4 is 9.47 Å². The van der Waals surface area contributed by atoms with Gasteiger partial charge in [-0.2, -0.15) is 0 Å². The molecule has 1 aromatic heterocycles. The van der Waals surface area contributed by atoms with Crippen LogP contribution in [-0.2, 0) is 17.6 Å². The Hall–Kier alpha value is -4.06. The second kappa shape index (κ2) is 12.0. The molecule has 4 aromatic rings. The fourth-order valence-corrected chi connectivity index (χ4v) is 4.10. The van der Waals surface area contributed by atoms with E-state index in [0.717, 1.165) is 47.4 Å². The smallest absolute Gasteiger partial charge is 0.347 e. The number of hydrogen-bond acceptors (Lipinski definition) is 5. The summed E-state index contributed by atoms with van der Waals surface area (Å²) in [5, 5.41) is 9.51. The summed E-state index contributed by atoms with van der Waals surface area (Å²) in [5.74, 6) is 1.50. The van der Waals surface area contributed by atoms with Crippen LogP contribution in [0.4, 0.5) is 0 Å². The molecule has 6 nitrogen and oxygen atoms in total. The zero-order chi connectivity index (χ0) is 27.1. The first-order chi connectivity index (χ1) is 18.3. The molecule has 0 fully saturated rings. The van der Waals surface area contributed by atoms with Gasteiger partial charge >= 0.3 is 5.97 Å². The van der Waals surface area contributed by atoms with E-state index in [0.29, 0.717) is 30.4 Å². The Balaban J connectivity index is 1.42. The molecule has 0 aliphatic rings. The number of aromatic nitrogens is 1. The first-order valence-corrected chi connectivity index (χ1v) is 13.1. The molecule has 6 heteroatoms. The molecule has 0 saturated heterocycles. The maximum absolute atomic E-state index is 11.6. The highest BCUT2D eigenvalue weighted by molar-refractivity contribution is 5.77. The van der Waals surface area contributed by atoms with Crippen molar-refractivity contribution in [3.8, 4) is 34.1 Å². The van der Waals surface area contributed by atoms with Gasteiger partial charge in [0.05, 0.1) is 12.3 Å². The van der Waals surface area contributed by atoms with Gasteiger partial charge in [-0.15, -0.1) is 0 Å². The first kappa shape index (κ1) is 27.0. The van der Waals surface area contributed by atoms with Gasteiger partial charge in [-0.1, -0.05) is 61.9 Å². The summed E-state index contributed by atoms with van der Waals surface area (Å²) in [6.07, 6.45) is 3.42. The van der Waals surface area contributed by atoms with E-state index in [2.05, 4.69) is 31.2 Å². The highest BCUT2D eigenvalue weighted by Crippen LogP contribution is 2.30. The largest absolute Gasteiger partial charge is 0.493 e. The minimum Gasteiger partial charge on any atom is -0.493 e. The molecule has 0 spiro atoms. The minimum absolute atomic E-state index is 0.399. The molecule has 198 valence electrons. The van der Waals surface area contributed by atoms with Crippen molar-refractivity contribution in [2.45, 2.75) is 59.0 Å². The summed E-state index contributed by atoms with van der Waals surface area (Å²) in [6.45, 7) is 7.53. The van der Waals surface area contributed by atoms with E-state index in [-0.39, 0.29) is 0 Å². The monoisotopic (exact) mass is 513 g/mol. The summed E-state index contributed by atoms with van der Waals surface area (Å²) < 4.78 is 17.9. The lowest BCUT2D eigenvalue weighted by Gasteiger charge is -2.24. The van der Waals surface area contributed by atoms with Crippen LogP contribution in [0.25, 0.3) is 22.6 Å². The number of nitrogens with zero attached hydrogens (tertiary/aromatic N) is 1. The maximum atomic E-state index is 11.6. The molecule has 3 aromatic carbocycles. The van der Waals surface area contributed by atoms with E-state index in [1.54, 1.807) is 19.9 Å². The highest BCUT2D eigenvalue weighted by atomic mass is 16.5. The number of aliphatic carboxylic acids is 1. The molecule has 0 radical (unpaired) electrons. The number of oxazole rings is 1. The number of ether oxygens (including phenoxy) is 2. The van der Waals surface area contributed by atoms with Crippen LogP contribution >= 0.6 is 0 Å². The molecular weight excluding hydrogens is 478 g/mol. The highest BCUT2D eigenvalue weighted by Gasteiger charge is 2.30. The third-order valence-electron chi connectivity index (χ3n) is 6.46. The molecule has 38 heavy (non-hydrogen) atoms. The quantitative estimate of drug-likeness (QED) is 0.211. The van der Waals surface area contributed by atoms with E-state index in [1.807, 2.05) is 49.4 Å². The normalized spacial score (nSPS) is 11.4. The summed E-state index contributed by atoms with van der Waals surface area (Å²) >= 11 is 0. The van der Waals surface area contributed by atoms with E-state index in [9.17, 15) is 9.90 Å². The Morgan fingerprint density at radius 2 is 1.63 bits per heavy atom. The van der Waals surface area contributed by atoms with Crippen molar-refractivity contribution >= 4 is 5.97 Å². The Bertz CT molecular complexity index is 1360. The number of carboxylic acid groups (broad SMARTS) is 1. The predicted molar refractivity (Wildman–Crippen MR) is 149 cm³/mol. The summed E-state index contributed by atoms with van der Waals surface area (Å²) in [7, 11) is 0. The Morgan fingerprint density at radius 3 is 2.32 bits per heavy atom. The molecule has 0 bridgehead atoms. The second-order valence-electron chi connectivity index (χ2n) is 9.85. The predicted octanol–water partition coefficient (Wildman–Crippen LogP) is 7.52. The van der Waals surface area contributed by atoms with Gasteiger partial charge in [-0.3, -0.25) is 0 Å². The van der Waals surface area contributed by atoms with Gasteiger partial charge < -0.3 is 19.0 Å². The van der Waals surface area contributed by atoms with Gasteiger partial charge in [0.15, 0.2) is 5.60 Å². The van der Waals surface area contributed by atoms with Crippen LogP contribution in [0.1, 0.15) is 50.6 Å². The van der Waals surface area contributed by atoms with Crippen molar-refractivity contribution in [1.29, 1.82) is 0 Å². The third-order valence-corrected chi connectivity index (χ3v) is 6.46. The molecule has 0 atom stereocenters. The number of aryl methyl sites for hydroxylation is 2. The Labute approximate surface area is 224 Å². The van der Waals surface area contributed by atoms with Gasteiger partial charge in [0.1, 0.15) is 17.3 Å². The zero-order valence-corrected chi connectivity index (χ0v) is 22.5. The zero-order valence-electron chi connectivity index (χ0n) is 22.5. The molecule has 0 aliphatic carbocycles. The molecule has 1 heterocycles. The third kappa shape index (κ3) is 6.62. The topological polar surface area (TPSA) is 81.8 Å². The van der Waals surface area contributed by atoms with Gasteiger partial charge in [0.25, 0.3) is 0 Å². The van der Waals surface area contributed by atoms with Crippen LogP contribution in [0.2, 0.25) is 0 Å². The number of unbranched alkanes of at least 4 members (excludes halogenated alkanes) is 1. The molecule has 0 amide bonds. The standard InChI is InChI=1S/C32H35NO5/c1-5-6-10-25-17-18-27(21-29(25)38-32(3,4)31(34)35)36-20-19-28-22(2)37-30(33-28)26-15-13-24(14-16-26)23-11-8-7-9-12-23/h7-9,11-18,21H,5-6,10,19-20H2,1-4H3,(H,34,35). The molecular formula is C32H35NO5. The van der Waals surface area contributed by atoms with Crippen LogP contribution in [0, 0.1) is 6.92 Å². The van der Waals surface area contributed by atoms with Crippen molar-refractivity contribution in [3.05, 3.63) is 89.8 Å². The van der Waals surface area contributed by atoms with E-state index in [4.69, 9.17) is 18.9 Å². The number of carboxylic acids is 1. The Morgan fingerprint density at radius 1 is 0.947 bits per heavy atom. The molecule has 1 N–H and O–H groups in total. The van der Waals surface area contributed by atoms with Gasteiger partial charge in [-0.05, 0) is 68.5 Å².